The van der Waals surface area contributed by atoms with Gasteiger partial charge >= 0.3 is 0 Å². The number of benzene rings is 2. The summed E-state index contributed by atoms with van der Waals surface area (Å²) >= 11 is 0. The number of hydrogen-bond acceptors (Lipinski definition) is 2. The lowest BCUT2D eigenvalue weighted by atomic mass is 9.82. The molecule has 0 N–H and O–H groups in total. The van der Waals surface area contributed by atoms with Crippen LogP contribution < -0.4 is 0 Å². The van der Waals surface area contributed by atoms with E-state index in [1.807, 2.05) is 0 Å². The number of rotatable bonds is 7. The van der Waals surface area contributed by atoms with E-state index in [1.54, 1.807) is 6.07 Å². The van der Waals surface area contributed by atoms with Crippen LogP contribution in [0.15, 0.2) is 54.6 Å². The van der Waals surface area contributed by atoms with Gasteiger partial charge in [0.15, 0.2) is 0 Å². The second kappa shape index (κ2) is 12.3. The first-order chi connectivity index (χ1) is 13.6. The van der Waals surface area contributed by atoms with Gasteiger partial charge in [-0.1, -0.05) is 67.4 Å². The number of hydrogen-bond donors (Lipinski definition) is 0. The standard InChI is InChI=1S/C23H30FN.C2H3N/c1-25(18-20-8-3-2-4-9-20)17-7-10-19-13-15-21(16-14-19)22-11-5-6-12-23(22)24;1-2-3/h2-4,8-9,13-16,22-23H,5-7,10-12,17-18H2,1H3;1H3. The van der Waals surface area contributed by atoms with Crippen LogP contribution in [0.2, 0.25) is 0 Å². The predicted octanol–water partition coefficient (Wildman–Crippen LogP) is 6.28. The van der Waals surface area contributed by atoms with Gasteiger partial charge in [0.05, 0.1) is 6.07 Å². The van der Waals surface area contributed by atoms with E-state index in [1.165, 1.54) is 30.0 Å². The summed E-state index contributed by atoms with van der Waals surface area (Å²) in [5.41, 5.74) is 3.92. The van der Waals surface area contributed by atoms with Gasteiger partial charge in [-0.2, -0.15) is 5.26 Å². The van der Waals surface area contributed by atoms with Crippen molar-refractivity contribution in [1.29, 1.82) is 5.26 Å². The number of nitrogens with zero attached hydrogens (tertiary/aromatic N) is 2. The summed E-state index contributed by atoms with van der Waals surface area (Å²) in [6, 6.07) is 21.1. The maximum atomic E-state index is 14.1. The average molecular weight is 381 g/mol. The molecule has 0 amide bonds. The van der Waals surface area contributed by atoms with Crippen molar-refractivity contribution in [3.8, 4) is 6.07 Å². The fourth-order valence-electron chi connectivity index (χ4n) is 3.92. The monoisotopic (exact) mass is 380 g/mol. The fourth-order valence-corrected chi connectivity index (χ4v) is 3.92. The highest BCUT2D eigenvalue weighted by Crippen LogP contribution is 2.35. The SMILES string of the molecule is CC#N.CN(CCCc1ccc(C2CCCCC2F)cc1)Cc1ccccc1. The van der Waals surface area contributed by atoms with Gasteiger partial charge in [0, 0.05) is 19.4 Å². The summed E-state index contributed by atoms with van der Waals surface area (Å²) in [4.78, 5) is 2.37. The molecule has 0 aromatic heterocycles. The summed E-state index contributed by atoms with van der Waals surface area (Å²) in [5.74, 6) is 0.125. The minimum absolute atomic E-state index is 0.125. The highest BCUT2D eigenvalue weighted by Gasteiger charge is 2.25. The second-order valence-electron chi connectivity index (χ2n) is 7.70. The van der Waals surface area contributed by atoms with Gasteiger partial charge in [-0.3, -0.25) is 0 Å². The Morgan fingerprint density at radius 2 is 1.64 bits per heavy atom. The largest absolute Gasteiger partial charge is 0.302 e. The number of aryl methyl sites for hydroxylation is 1. The molecule has 2 aromatic rings. The van der Waals surface area contributed by atoms with Crippen molar-refractivity contribution >= 4 is 0 Å². The lowest BCUT2D eigenvalue weighted by molar-refractivity contribution is 0.216. The molecule has 0 saturated heterocycles. The minimum Gasteiger partial charge on any atom is -0.302 e. The molecule has 3 rings (SSSR count). The highest BCUT2D eigenvalue weighted by molar-refractivity contribution is 5.26. The minimum atomic E-state index is -0.647. The highest BCUT2D eigenvalue weighted by atomic mass is 19.1. The van der Waals surface area contributed by atoms with E-state index in [2.05, 4.69) is 66.5 Å². The Bertz CT molecular complexity index is 706. The van der Waals surface area contributed by atoms with E-state index in [9.17, 15) is 4.39 Å². The number of nitriles is 1. The molecule has 150 valence electrons. The molecule has 1 saturated carbocycles. The maximum absolute atomic E-state index is 14.1. The van der Waals surface area contributed by atoms with Gasteiger partial charge in [-0.25, -0.2) is 4.39 Å². The van der Waals surface area contributed by atoms with Gasteiger partial charge in [0.2, 0.25) is 0 Å². The van der Waals surface area contributed by atoms with Crippen LogP contribution in [0.4, 0.5) is 4.39 Å². The van der Waals surface area contributed by atoms with Crippen molar-refractivity contribution in [2.24, 2.45) is 0 Å². The van der Waals surface area contributed by atoms with Gasteiger partial charge in [-0.15, -0.1) is 0 Å². The van der Waals surface area contributed by atoms with E-state index in [0.29, 0.717) is 0 Å². The molecule has 3 heteroatoms. The zero-order valence-electron chi connectivity index (χ0n) is 17.3. The Hall–Kier alpha value is -2.18. The normalized spacial score (nSPS) is 18.8. The molecule has 2 nitrogen and oxygen atoms in total. The summed E-state index contributed by atoms with van der Waals surface area (Å²) in [6.07, 6.45) is 5.55. The van der Waals surface area contributed by atoms with E-state index in [-0.39, 0.29) is 5.92 Å². The molecule has 0 radical (unpaired) electrons. The molecule has 0 heterocycles. The van der Waals surface area contributed by atoms with Crippen LogP contribution in [0, 0.1) is 11.3 Å². The zero-order valence-corrected chi connectivity index (χ0v) is 17.3. The third-order valence-electron chi connectivity index (χ3n) is 5.39. The van der Waals surface area contributed by atoms with Crippen LogP contribution in [0.1, 0.15) is 61.6 Å². The third-order valence-corrected chi connectivity index (χ3v) is 5.39. The molecular weight excluding hydrogens is 347 g/mol. The molecule has 1 fully saturated rings. The Morgan fingerprint density at radius 3 is 2.29 bits per heavy atom. The van der Waals surface area contributed by atoms with Crippen molar-refractivity contribution in [2.45, 2.75) is 64.1 Å². The number of alkyl halides is 1. The third kappa shape index (κ3) is 7.44. The van der Waals surface area contributed by atoms with Crippen molar-refractivity contribution < 1.29 is 4.39 Å². The quantitative estimate of drug-likeness (QED) is 0.565. The first kappa shape index (κ1) is 22.1. The van der Waals surface area contributed by atoms with Crippen LogP contribution >= 0.6 is 0 Å². The average Bonchev–Trinajstić information content (AvgIpc) is 2.70. The van der Waals surface area contributed by atoms with E-state index >= 15 is 0 Å². The van der Waals surface area contributed by atoms with E-state index < -0.39 is 6.17 Å². The zero-order chi connectivity index (χ0) is 20.2. The molecule has 2 atom stereocenters. The molecule has 0 bridgehead atoms. The lowest BCUT2D eigenvalue weighted by Gasteiger charge is -2.26. The lowest BCUT2D eigenvalue weighted by Crippen LogP contribution is -2.19. The van der Waals surface area contributed by atoms with Crippen molar-refractivity contribution in [1.82, 2.24) is 4.90 Å². The molecule has 0 spiro atoms. The van der Waals surface area contributed by atoms with Crippen molar-refractivity contribution in [2.75, 3.05) is 13.6 Å². The fraction of sp³-hybridized carbons (Fsp3) is 0.480. The Labute approximate surface area is 170 Å². The second-order valence-corrected chi connectivity index (χ2v) is 7.70. The molecule has 0 aliphatic heterocycles. The first-order valence-electron chi connectivity index (χ1n) is 10.4. The van der Waals surface area contributed by atoms with Gasteiger partial charge < -0.3 is 4.90 Å². The molecule has 2 aromatic carbocycles. The molecule has 28 heavy (non-hydrogen) atoms. The van der Waals surface area contributed by atoms with Crippen molar-refractivity contribution in [3.05, 3.63) is 71.3 Å². The Morgan fingerprint density at radius 1 is 1.00 bits per heavy atom. The van der Waals surface area contributed by atoms with Gasteiger partial charge in [0.1, 0.15) is 6.17 Å². The van der Waals surface area contributed by atoms with Crippen molar-refractivity contribution in [3.63, 3.8) is 0 Å². The van der Waals surface area contributed by atoms with Gasteiger partial charge in [0.25, 0.3) is 0 Å². The summed E-state index contributed by atoms with van der Waals surface area (Å²) in [6.45, 7) is 3.52. The maximum Gasteiger partial charge on any atom is 0.107 e. The van der Waals surface area contributed by atoms with Gasteiger partial charge in [-0.05, 0) is 56.0 Å². The van der Waals surface area contributed by atoms with E-state index in [4.69, 9.17) is 5.26 Å². The Kier molecular flexibility index (Phi) is 9.72. The molecular formula is C25H33FN2. The summed E-state index contributed by atoms with van der Waals surface area (Å²) in [7, 11) is 2.18. The van der Waals surface area contributed by atoms with Crippen LogP contribution in [0.3, 0.4) is 0 Å². The number of halogens is 1. The molecule has 1 aliphatic carbocycles. The summed E-state index contributed by atoms with van der Waals surface area (Å²) < 4.78 is 14.1. The molecule has 2 unspecified atom stereocenters. The predicted molar refractivity (Wildman–Crippen MR) is 115 cm³/mol. The topological polar surface area (TPSA) is 27.0 Å². The van der Waals surface area contributed by atoms with Crippen LogP contribution in [-0.2, 0) is 13.0 Å². The van der Waals surface area contributed by atoms with Crippen LogP contribution in [0.5, 0.6) is 0 Å². The van der Waals surface area contributed by atoms with Crippen LogP contribution in [-0.4, -0.2) is 24.7 Å². The molecule has 1 aliphatic rings. The van der Waals surface area contributed by atoms with Crippen LogP contribution in [0.25, 0.3) is 0 Å². The van der Waals surface area contributed by atoms with E-state index in [0.717, 1.165) is 45.2 Å². The smallest absolute Gasteiger partial charge is 0.107 e. The Balaban J connectivity index is 0.000000878. The first-order valence-corrected chi connectivity index (χ1v) is 10.4. The summed E-state index contributed by atoms with van der Waals surface area (Å²) in [5, 5.41) is 7.32.